The van der Waals surface area contributed by atoms with Crippen molar-refractivity contribution >= 4 is 11.7 Å². The van der Waals surface area contributed by atoms with Gasteiger partial charge in [-0.3, -0.25) is 4.79 Å². The fourth-order valence-corrected chi connectivity index (χ4v) is 6.12. The first-order valence-electron chi connectivity index (χ1n) is 11.4. The average molecular weight is 440 g/mol. The topological polar surface area (TPSA) is 94.3 Å². The zero-order chi connectivity index (χ0) is 23.3. The van der Waals surface area contributed by atoms with Gasteiger partial charge in [-0.1, -0.05) is 39.0 Å². The summed E-state index contributed by atoms with van der Waals surface area (Å²) < 4.78 is 5.73. The lowest BCUT2D eigenvalue weighted by Gasteiger charge is -2.55. The van der Waals surface area contributed by atoms with Crippen molar-refractivity contribution in [2.75, 3.05) is 0 Å². The maximum absolute atomic E-state index is 13.5. The lowest BCUT2D eigenvalue weighted by molar-refractivity contribution is -0.991. The van der Waals surface area contributed by atoms with Crippen LogP contribution in [0.5, 0.6) is 5.75 Å². The molecule has 2 aromatic carbocycles. The minimum Gasteiger partial charge on any atom is -0.595 e. The summed E-state index contributed by atoms with van der Waals surface area (Å²) in [6.45, 7) is 8.48. The maximum atomic E-state index is 13.5. The Bertz CT molecular complexity index is 1000. The highest BCUT2D eigenvalue weighted by atomic mass is 16.8. The van der Waals surface area contributed by atoms with Gasteiger partial charge in [-0.05, 0) is 78.7 Å². The number of aryl methyl sites for hydroxylation is 1. The minimum absolute atomic E-state index is 0.0431. The van der Waals surface area contributed by atoms with Crippen LogP contribution in [0.15, 0.2) is 42.5 Å². The van der Waals surface area contributed by atoms with E-state index in [0.717, 1.165) is 12.8 Å². The zero-order valence-electron chi connectivity index (χ0n) is 19.2. The average Bonchev–Trinajstić information content (AvgIpc) is 2.73. The number of ether oxygens (including phenoxy) is 1. The Balaban J connectivity index is 1.65. The molecule has 1 saturated carbocycles. The van der Waals surface area contributed by atoms with Gasteiger partial charge in [0.25, 0.3) is 0 Å². The van der Waals surface area contributed by atoms with Gasteiger partial charge in [0.15, 0.2) is 5.69 Å². The molecule has 1 unspecified atom stereocenters. The number of nitrogens with one attached hydrogen (secondary N) is 1. The number of aliphatic hydroxyl groups excluding tert-OH is 1. The van der Waals surface area contributed by atoms with Crippen LogP contribution in [0.1, 0.15) is 69.6 Å². The summed E-state index contributed by atoms with van der Waals surface area (Å²) in [4.78, 5) is 13.5. The van der Waals surface area contributed by atoms with E-state index in [4.69, 9.17) is 9.94 Å². The second kappa shape index (κ2) is 8.27. The molecule has 2 aliphatic rings. The van der Waals surface area contributed by atoms with Gasteiger partial charge in [-0.25, -0.2) is 5.21 Å². The van der Waals surface area contributed by atoms with Crippen LogP contribution in [0.25, 0.3) is 0 Å². The van der Waals surface area contributed by atoms with E-state index in [1.807, 2.05) is 6.92 Å². The summed E-state index contributed by atoms with van der Waals surface area (Å²) in [7, 11) is 0. The van der Waals surface area contributed by atoms with Crippen LogP contribution in [-0.2, 0) is 16.6 Å². The van der Waals surface area contributed by atoms with Crippen molar-refractivity contribution in [1.82, 2.24) is 0 Å². The van der Waals surface area contributed by atoms with E-state index in [0.29, 0.717) is 24.5 Å². The van der Waals surface area contributed by atoms with Crippen LogP contribution < -0.4 is 9.96 Å². The molecule has 0 amide bonds. The highest BCUT2D eigenvalue weighted by Crippen LogP contribution is 2.57. The number of carbonyl (C=O) groups excluding carboxylic acids is 1. The van der Waals surface area contributed by atoms with E-state index in [9.17, 15) is 15.1 Å². The van der Waals surface area contributed by atoms with Crippen molar-refractivity contribution in [1.29, 1.82) is 0 Å². The van der Waals surface area contributed by atoms with Gasteiger partial charge in [-0.2, -0.15) is 5.23 Å². The number of aliphatic hydroxyl groups is 1. The molecule has 4 rings (SSSR count). The number of hydrogen-bond donors (Lipinski definition) is 3. The van der Waals surface area contributed by atoms with Crippen molar-refractivity contribution in [3.8, 4) is 5.75 Å². The van der Waals surface area contributed by atoms with Crippen molar-refractivity contribution in [3.05, 3.63) is 64.4 Å². The van der Waals surface area contributed by atoms with Crippen molar-refractivity contribution in [3.63, 3.8) is 0 Å². The molecule has 6 heteroatoms. The predicted molar refractivity (Wildman–Crippen MR) is 121 cm³/mol. The summed E-state index contributed by atoms with van der Waals surface area (Å²) in [6, 6.07) is 12.5. The number of esters is 1. The third-order valence-corrected chi connectivity index (χ3v) is 7.75. The highest BCUT2D eigenvalue weighted by molar-refractivity contribution is 5.80. The highest BCUT2D eigenvalue weighted by Gasteiger charge is 2.58. The van der Waals surface area contributed by atoms with Gasteiger partial charge < -0.3 is 15.1 Å². The monoisotopic (exact) mass is 439 g/mol. The Morgan fingerprint density at radius 3 is 2.47 bits per heavy atom. The molecular formula is C26H33NO5. The Labute approximate surface area is 189 Å². The Morgan fingerprint density at radius 1 is 1.16 bits per heavy atom. The van der Waals surface area contributed by atoms with Gasteiger partial charge in [0.05, 0.1) is 11.5 Å². The van der Waals surface area contributed by atoms with Gasteiger partial charge in [0.1, 0.15) is 5.75 Å². The lowest BCUT2D eigenvalue weighted by Crippen LogP contribution is -2.99. The molecule has 0 heterocycles. The van der Waals surface area contributed by atoms with E-state index < -0.39 is 16.7 Å². The number of fused-ring (bicyclic) bond motifs is 3. The van der Waals surface area contributed by atoms with Crippen LogP contribution in [0, 0.1) is 16.5 Å². The SMILES string of the molecule is CC(C)c1ccc2c(c1)CC[C@H]1[C@](C)(C(=O)Oc3ccc([NH+]([O-])O)cc3)C[C@@H](O)C[C@]21C. The van der Waals surface area contributed by atoms with E-state index >= 15 is 0 Å². The molecular weight excluding hydrogens is 406 g/mol. The Hall–Kier alpha value is -2.25. The number of quaternary nitrogens is 1. The van der Waals surface area contributed by atoms with Crippen molar-refractivity contribution < 1.29 is 25.1 Å². The quantitative estimate of drug-likeness (QED) is 0.383. The van der Waals surface area contributed by atoms with E-state index in [1.165, 1.54) is 41.0 Å². The third-order valence-electron chi connectivity index (χ3n) is 7.75. The normalized spacial score (nSPS) is 30.4. The van der Waals surface area contributed by atoms with Gasteiger partial charge in [0, 0.05) is 12.1 Å². The molecule has 0 bridgehead atoms. The molecule has 0 spiro atoms. The first-order chi connectivity index (χ1) is 15.0. The van der Waals surface area contributed by atoms with Gasteiger partial charge >= 0.3 is 5.97 Å². The summed E-state index contributed by atoms with van der Waals surface area (Å²) in [6.07, 6.45) is 2.16. The first kappa shape index (κ1) is 22.9. The number of hydrogen-bond acceptors (Lipinski definition) is 5. The molecule has 0 aliphatic heterocycles. The lowest BCUT2D eigenvalue weighted by atomic mass is 9.49. The van der Waals surface area contributed by atoms with Gasteiger partial charge in [-0.15, -0.1) is 0 Å². The first-order valence-corrected chi connectivity index (χ1v) is 11.4. The van der Waals surface area contributed by atoms with Gasteiger partial charge in [0.2, 0.25) is 0 Å². The smallest absolute Gasteiger partial charge is 0.317 e. The van der Waals surface area contributed by atoms with Crippen molar-refractivity contribution in [2.45, 2.75) is 70.8 Å². The van der Waals surface area contributed by atoms with Crippen LogP contribution in [0.4, 0.5) is 5.69 Å². The molecule has 0 aromatic heterocycles. The second-order valence-corrected chi connectivity index (χ2v) is 10.3. The molecule has 2 aliphatic carbocycles. The largest absolute Gasteiger partial charge is 0.595 e. The summed E-state index contributed by atoms with van der Waals surface area (Å²) in [5.41, 5.74) is 2.86. The van der Waals surface area contributed by atoms with Crippen LogP contribution >= 0.6 is 0 Å². The number of benzene rings is 2. The number of carbonyl (C=O) groups is 1. The second-order valence-electron chi connectivity index (χ2n) is 10.3. The summed E-state index contributed by atoms with van der Waals surface area (Å²) in [5.74, 6) is 0.454. The standard InChI is InChI=1S/C26H33NO5/c1-16(2)17-5-11-22-18(13-17)6-12-23-25(22,3)14-20(28)15-26(23,4)24(29)32-21-9-7-19(8-10-21)27(30)31/h5,7-11,13,16,20,23,27-28,30H,6,12,14-15H2,1-4H3/t20-,23+,25+,26+/m0/s1. The molecule has 1 fully saturated rings. The molecule has 3 N–H and O–H groups in total. The van der Waals surface area contributed by atoms with E-state index in [-0.39, 0.29) is 23.0 Å². The van der Waals surface area contributed by atoms with Crippen LogP contribution in [0.3, 0.4) is 0 Å². The molecule has 5 atom stereocenters. The molecule has 6 nitrogen and oxygen atoms in total. The molecule has 2 aromatic rings. The molecule has 0 saturated heterocycles. The summed E-state index contributed by atoms with van der Waals surface area (Å²) in [5, 5.41) is 30.0. The third kappa shape index (κ3) is 3.86. The zero-order valence-corrected chi connectivity index (χ0v) is 19.2. The van der Waals surface area contributed by atoms with E-state index in [2.05, 4.69) is 39.0 Å². The fourth-order valence-electron chi connectivity index (χ4n) is 6.12. The maximum Gasteiger partial charge on any atom is 0.317 e. The number of rotatable bonds is 4. The molecule has 32 heavy (non-hydrogen) atoms. The van der Waals surface area contributed by atoms with Crippen molar-refractivity contribution in [2.24, 2.45) is 11.3 Å². The predicted octanol–water partition coefficient (Wildman–Crippen LogP) is 3.80. The minimum atomic E-state index is -1.03. The Kier molecular flexibility index (Phi) is 5.92. The molecule has 0 radical (unpaired) electrons. The molecule has 172 valence electrons. The van der Waals surface area contributed by atoms with Crippen LogP contribution in [0.2, 0.25) is 0 Å². The van der Waals surface area contributed by atoms with E-state index in [1.54, 1.807) is 0 Å². The van der Waals surface area contributed by atoms with Crippen LogP contribution in [-0.4, -0.2) is 22.4 Å². The summed E-state index contributed by atoms with van der Waals surface area (Å²) >= 11 is 0. The fraction of sp³-hybridized carbons (Fsp3) is 0.500. The Morgan fingerprint density at radius 2 is 1.84 bits per heavy atom.